The zero-order valence-electron chi connectivity index (χ0n) is 33.3. The second-order valence-corrected chi connectivity index (χ2v) is 16.4. The summed E-state index contributed by atoms with van der Waals surface area (Å²) in [5.74, 6) is -9.09. The van der Waals surface area contributed by atoms with E-state index < -0.39 is 89.5 Å². The highest BCUT2D eigenvalue weighted by Crippen LogP contribution is 2.39. The van der Waals surface area contributed by atoms with Crippen LogP contribution in [0.2, 0.25) is 5.02 Å². The molecule has 15 nitrogen and oxygen atoms in total. The molecule has 0 saturated heterocycles. The van der Waals surface area contributed by atoms with Crippen LogP contribution in [-0.4, -0.2) is 82.5 Å². The van der Waals surface area contributed by atoms with Gasteiger partial charge in [-0.3, -0.25) is 33.6 Å². The fourth-order valence-corrected chi connectivity index (χ4v) is 8.06. The van der Waals surface area contributed by atoms with Gasteiger partial charge in [0.15, 0.2) is 5.78 Å². The first-order chi connectivity index (χ1) is 27.4. The monoisotopic (exact) mass is 823 g/mol. The van der Waals surface area contributed by atoms with E-state index in [0.29, 0.717) is 29.8 Å². The van der Waals surface area contributed by atoms with Crippen LogP contribution >= 0.6 is 11.6 Å². The molecule has 2 aromatic rings. The first-order valence-corrected chi connectivity index (χ1v) is 20.1. The van der Waals surface area contributed by atoms with Crippen LogP contribution in [0.5, 0.6) is 0 Å². The Bertz CT molecular complexity index is 1870. The van der Waals surface area contributed by atoms with Crippen LogP contribution in [0.4, 0.5) is 0 Å². The van der Waals surface area contributed by atoms with Crippen molar-refractivity contribution in [3.63, 3.8) is 0 Å². The molecule has 5 amide bonds. The largest absolute Gasteiger partial charge is 0.478 e. The number of carboxylic acids is 1. The Kier molecular flexibility index (Phi) is 16.1. The van der Waals surface area contributed by atoms with E-state index in [1.165, 1.54) is 36.4 Å². The molecule has 0 aromatic heterocycles. The van der Waals surface area contributed by atoms with Crippen LogP contribution in [0.25, 0.3) is 0 Å². The van der Waals surface area contributed by atoms with E-state index in [-0.39, 0.29) is 42.1 Å². The van der Waals surface area contributed by atoms with Crippen LogP contribution in [0.3, 0.4) is 0 Å². The lowest BCUT2D eigenvalue weighted by Crippen LogP contribution is -2.53. The number of rotatable bonds is 18. The van der Waals surface area contributed by atoms with Crippen molar-refractivity contribution < 1.29 is 48.2 Å². The van der Waals surface area contributed by atoms with Gasteiger partial charge < -0.3 is 36.8 Å². The van der Waals surface area contributed by atoms with Gasteiger partial charge in [-0.15, -0.1) is 0 Å². The maximum atomic E-state index is 14.7. The van der Waals surface area contributed by atoms with E-state index >= 15 is 0 Å². The lowest BCUT2D eigenvalue weighted by molar-refractivity contribution is -0.141. The summed E-state index contributed by atoms with van der Waals surface area (Å²) in [5, 5.41) is 20.2. The molecule has 0 aliphatic heterocycles. The van der Waals surface area contributed by atoms with Gasteiger partial charge in [0.25, 0.3) is 11.8 Å². The fraction of sp³-hybridized carbons (Fsp3) is 0.524. The Hall–Kier alpha value is -5.15. The van der Waals surface area contributed by atoms with Gasteiger partial charge in [0.2, 0.25) is 23.5 Å². The average molecular weight is 824 g/mol. The minimum atomic E-state index is -1.30. The number of aromatic carboxylic acids is 1. The number of Topliss-reactive ketones (excluding diaryl/α,β-unsaturated/α-hetero) is 2. The highest BCUT2D eigenvalue weighted by Gasteiger charge is 2.48. The molecule has 16 heteroatoms. The predicted octanol–water partition coefficient (Wildman–Crippen LogP) is 3.81. The third kappa shape index (κ3) is 12.4. The van der Waals surface area contributed by atoms with Crippen LogP contribution in [-0.2, 0) is 33.5 Å². The number of nitrogens with one attached hydrogen (secondary N) is 4. The quantitative estimate of drug-likeness (QED) is 0.119. The summed E-state index contributed by atoms with van der Waals surface area (Å²) in [6.07, 6.45) is 4.13. The summed E-state index contributed by atoms with van der Waals surface area (Å²) in [4.78, 5) is 106. The molecule has 4 rings (SSSR count). The highest BCUT2D eigenvalue weighted by molar-refractivity contribution is 6.38. The number of ether oxygens (including phenoxy) is 1. The summed E-state index contributed by atoms with van der Waals surface area (Å²) in [6.45, 7) is 6.62. The number of halogens is 1. The Labute approximate surface area is 342 Å². The lowest BCUT2D eigenvalue weighted by Gasteiger charge is -2.33. The molecule has 2 fully saturated rings. The Morgan fingerprint density at radius 2 is 1.53 bits per heavy atom. The second kappa shape index (κ2) is 20.5. The van der Waals surface area contributed by atoms with Crippen LogP contribution < -0.4 is 27.0 Å². The molecular formula is C42H54ClN5O10. The molecule has 2 aromatic carbocycles. The number of amides is 5. The molecule has 58 heavy (non-hydrogen) atoms. The number of primary amides is 1. The van der Waals surface area contributed by atoms with Crippen molar-refractivity contribution in [2.75, 3.05) is 6.54 Å². The summed E-state index contributed by atoms with van der Waals surface area (Å²) >= 11 is 6.01. The lowest BCUT2D eigenvalue weighted by atomic mass is 9.77. The SMILES string of the molecule is CCCC(NC(=O)[C@@H]1C[C@@H](OC(C)(C)C)CC1C(=O)[C@@H](NC(=O)c1ccccc1C(=O)O)C1CCCCC1)C(=O)C(=O)NCC(=O)NC(C(N)=O)c1cccc(Cl)c1. The molecule has 0 spiro atoms. The summed E-state index contributed by atoms with van der Waals surface area (Å²) in [5.41, 5.74) is 4.86. The first kappa shape index (κ1) is 45.6. The third-order valence-electron chi connectivity index (χ3n) is 10.5. The molecule has 0 radical (unpaired) electrons. The number of hydrogen-bond acceptors (Lipinski definition) is 9. The Balaban J connectivity index is 1.52. The van der Waals surface area contributed by atoms with Crippen LogP contribution in [0, 0.1) is 17.8 Å². The molecular weight excluding hydrogens is 770 g/mol. The van der Waals surface area contributed by atoms with Gasteiger partial charge >= 0.3 is 5.97 Å². The molecule has 314 valence electrons. The van der Waals surface area contributed by atoms with Gasteiger partial charge in [-0.05, 0) is 88.6 Å². The zero-order valence-corrected chi connectivity index (χ0v) is 34.1. The van der Waals surface area contributed by atoms with E-state index in [0.717, 1.165) is 19.3 Å². The maximum absolute atomic E-state index is 14.7. The van der Waals surface area contributed by atoms with Crippen molar-refractivity contribution in [3.05, 3.63) is 70.2 Å². The van der Waals surface area contributed by atoms with E-state index in [1.54, 1.807) is 19.1 Å². The second-order valence-electron chi connectivity index (χ2n) is 16.0. The predicted molar refractivity (Wildman–Crippen MR) is 213 cm³/mol. The fourth-order valence-electron chi connectivity index (χ4n) is 7.86. The highest BCUT2D eigenvalue weighted by atomic mass is 35.5. The summed E-state index contributed by atoms with van der Waals surface area (Å²) < 4.78 is 6.26. The van der Waals surface area contributed by atoms with Crippen molar-refractivity contribution in [3.8, 4) is 0 Å². The van der Waals surface area contributed by atoms with E-state index in [4.69, 9.17) is 22.1 Å². The van der Waals surface area contributed by atoms with E-state index in [1.807, 2.05) is 20.8 Å². The number of benzene rings is 2. The van der Waals surface area contributed by atoms with Gasteiger partial charge in [-0.25, -0.2) is 4.79 Å². The molecule has 2 aliphatic carbocycles. The summed E-state index contributed by atoms with van der Waals surface area (Å²) in [7, 11) is 0. The smallest absolute Gasteiger partial charge is 0.336 e. The van der Waals surface area contributed by atoms with Crippen molar-refractivity contribution in [2.45, 2.75) is 115 Å². The molecule has 6 atom stereocenters. The molecule has 3 unspecified atom stereocenters. The molecule has 2 aliphatic rings. The third-order valence-corrected chi connectivity index (χ3v) is 10.7. The zero-order chi connectivity index (χ0) is 42.7. The Morgan fingerprint density at radius 1 is 0.879 bits per heavy atom. The number of carboxylic acid groups (broad SMARTS) is 1. The normalized spacial score (nSPS) is 19.8. The van der Waals surface area contributed by atoms with E-state index in [9.17, 15) is 43.5 Å². The van der Waals surface area contributed by atoms with Crippen LogP contribution in [0.1, 0.15) is 118 Å². The van der Waals surface area contributed by atoms with Crippen molar-refractivity contribution in [1.29, 1.82) is 0 Å². The Morgan fingerprint density at radius 3 is 2.14 bits per heavy atom. The van der Waals surface area contributed by atoms with Crippen molar-refractivity contribution in [2.24, 2.45) is 23.5 Å². The average Bonchev–Trinajstić information content (AvgIpc) is 3.59. The van der Waals surface area contributed by atoms with Gasteiger partial charge in [0, 0.05) is 10.9 Å². The van der Waals surface area contributed by atoms with Gasteiger partial charge in [-0.2, -0.15) is 0 Å². The van der Waals surface area contributed by atoms with Crippen molar-refractivity contribution >= 4 is 58.7 Å². The van der Waals surface area contributed by atoms with Gasteiger partial charge in [0.1, 0.15) is 6.04 Å². The summed E-state index contributed by atoms with van der Waals surface area (Å²) in [6, 6.07) is 8.28. The maximum Gasteiger partial charge on any atom is 0.336 e. The van der Waals surface area contributed by atoms with Crippen molar-refractivity contribution in [1.82, 2.24) is 21.3 Å². The first-order valence-electron chi connectivity index (χ1n) is 19.7. The number of carbonyl (C=O) groups is 8. The van der Waals surface area contributed by atoms with E-state index in [2.05, 4.69) is 21.3 Å². The number of nitrogens with two attached hydrogens (primary N) is 1. The number of ketones is 2. The standard InChI is InChI=1S/C42H54ClN5O10/c1-5-12-31(36(51)40(55)45-22-32(49)47-34(37(44)52)24-15-11-16-25(43)19-24)46-39(54)30-21-26(58-42(2,3)4)20-29(30)35(50)33(23-13-7-6-8-14-23)48-38(53)27-17-9-10-18-28(27)41(56)57/h9-11,15-19,23,26,29-31,33-34H,5-8,12-14,20-22H2,1-4H3,(H2,44,52)(H,45,55)(H,46,54)(H,47,49)(H,48,53)(H,56,57)/t26-,29?,30+,31?,33-,34?/m0/s1. The van der Waals surface area contributed by atoms with Crippen LogP contribution in [0.15, 0.2) is 48.5 Å². The molecule has 7 N–H and O–H groups in total. The number of carbonyl (C=O) groups excluding carboxylic acids is 7. The number of hydrogen-bond donors (Lipinski definition) is 6. The molecule has 0 heterocycles. The minimum absolute atomic E-state index is 0.0691. The molecule has 0 bridgehead atoms. The van der Waals surface area contributed by atoms with Gasteiger partial charge in [-0.1, -0.05) is 68.5 Å². The molecule has 2 saturated carbocycles. The topological polar surface area (TPSA) is 240 Å². The van der Waals surface area contributed by atoms with Gasteiger partial charge in [0.05, 0.1) is 47.4 Å². The minimum Gasteiger partial charge on any atom is -0.478 e.